The Kier molecular flexibility index (Phi) is 4.91. The van der Waals surface area contributed by atoms with Gasteiger partial charge in [-0.25, -0.2) is 0 Å². The van der Waals surface area contributed by atoms with Crippen molar-refractivity contribution < 1.29 is 9.59 Å². The van der Waals surface area contributed by atoms with E-state index < -0.39 is 5.91 Å². The quantitative estimate of drug-likeness (QED) is 0.885. The number of carbonyl (C=O) groups is 2. The molecule has 1 aromatic heterocycles. The van der Waals surface area contributed by atoms with Gasteiger partial charge >= 0.3 is 0 Å². The highest BCUT2D eigenvalue weighted by atomic mass is 35.5. The molecule has 0 aromatic carbocycles. The number of amides is 2. The first kappa shape index (κ1) is 16.3. The van der Waals surface area contributed by atoms with Gasteiger partial charge in [0.25, 0.3) is 11.8 Å². The third kappa shape index (κ3) is 3.22. The molecule has 2 atom stereocenters. The summed E-state index contributed by atoms with van der Waals surface area (Å²) in [6.45, 7) is 0. The second-order valence-corrected chi connectivity index (χ2v) is 6.79. The fourth-order valence-electron chi connectivity index (χ4n) is 3.27. The number of piperidine rings is 1. The molecule has 2 bridgehead atoms. The third-order valence-electron chi connectivity index (χ3n) is 4.38. The van der Waals surface area contributed by atoms with Gasteiger partial charge in [0, 0.05) is 25.2 Å². The molecule has 7 heteroatoms. The topological polar surface area (TPSA) is 75.4 Å². The minimum absolute atomic E-state index is 0. The number of nitrogens with two attached hydrogens (primary N) is 1. The second kappa shape index (κ2) is 6.34. The van der Waals surface area contributed by atoms with E-state index in [1.807, 2.05) is 11.9 Å². The number of thiophene rings is 1. The molecule has 116 valence electrons. The van der Waals surface area contributed by atoms with Crippen molar-refractivity contribution in [2.45, 2.75) is 43.8 Å². The summed E-state index contributed by atoms with van der Waals surface area (Å²) >= 11 is 1.18. The van der Waals surface area contributed by atoms with Crippen molar-refractivity contribution in [1.82, 2.24) is 10.2 Å². The number of hydrogen-bond donors (Lipinski definition) is 2. The average molecular weight is 330 g/mol. The number of rotatable bonds is 3. The van der Waals surface area contributed by atoms with Crippen LogP contribution in [-0.2, 0) is 0 Å². The van der Waals surface area contributed by atoms with Gasteiger partial charge in [0.05, 0.1) is 9.75 Å². The summed E-state index contributed by atoms with van der Waals surface area (Å²) in [5.41, 5.74) is 5.23. The molecule has 5 nitrogen and oxygen atoms in total. The van der Waals surface area contributed by atoms with Gasteiger partial charge in [-0.2, -0.15) is 0 Å². The number of primary amides is 1. The maximum absolute atomic E-state index is 12.5. The third-order valence-corrected chi connectivity index (χ3v) is 5.46. The van der Waals surface area contributed by atoms with Crippen LogP contribution in [0.5, 0.6) is 0 Å². The number of hydrogen-bond acceptors (Lipinski definition) is 4. The molecule has 1 aromatic rings. The van der Waals surface area contributed by atoms with Crippen LogP contribution in [0.3, 0.4) is 0 Å². The van der Waals surface area contributed by atoms with Crippen LogP contribution in [0.2, 0.25) is 0 Å². The van der Waals surface area contributed by atoms with E-state index in [0.29, 0.717) is 27.9 Å². The van der Waals surface area contributed by atoms with E-state index >= 15 is 0 Å². The summed E-state index contributed by atoms with van der Waals surface area (Å²) in [6, 6.07) is 4.72. The van der Waals surface area contributed by atoms with Crippen molar-refractivity contribution >= 4 is 35.6 Å². The first-order valence-corrected chi connectivity index (χ1v) is 7.79. The standard InChI is InChI=1S/C14H19N3O2S.ClH/c1-17(10-6-8-2-3-9(7-10)16-8)14(19)12-5-4-11(20-12)13(15)18;/h4-5,8-10,16H,2-3,6-7H2,1H3,(H2,15,18);1H. The predicted molar refractivity (Wildman–Crippen MR) is 85.1 cm³/mol. The SMILES string of the molecule is CN(C(=O)c1ccc(C(N)=O)s1)C1CC2CCC(C1)N2.Cl. The fraction of sp³-hybridized carbons (Fsp3) is 0.571. The molecule has 0 saturated carbocycles. The summed E-state index contributed by atoms with van der Waals surface area (Å²) < 4.78 is 0. The van der Waals surface area contributed by atoms with Crippen molar-refractivity contribution in [3.05, 3.63) is 21.9 Å². The smallest absolute Gasteiger partial charge is 0.263 e. The molecule has 21 heavy (non-hydrogen) atoms. The molecule has 2 saturated heterocycles. The Bertz CT molecular complexity index is 536. The number of halogens is 1. The molecule has 0 aliphatic carbocycles. The highest BCUT2D eigenvalue weighted by Crippen LogP contribution is 2.30. The van der Waals surface area contributed by atoms with Gasteiger partial charge in [0.1, 0.15) is 0 Å². The largest absolute Gasteiger partial charge is 0.365 e. The number of nitrogens with zero attached hydrogens (tertiary/aromatic N) is 1. The van der Waals surface area contributed by atoms with Crippen LogP contribution in [0, 0.1) is 0 Å². The average Bonchev–Trinajstić information content (AvgIpc) is 3.04. The molecule has 2 unspecified atom stereocenters. The summed E-state index contributed by atoms with van der Waals surface area (Å²) in [5, 5.41) is 3.58. The molecule has 2 aliphatic rings. The van der Waals surface area contributed by atoms with Crippen LogP contribution >= 0.6 is 23.7 Å². The fourth-order valence-corrected chi connectivity index (χ4v) is 4.11. The Hall–Kier alpha value is -1.11. The van der Waals surface area contributed by atoms with Crippen molar-refractivity contribution in [3.63, 3.8) is 0 Å². The van der Waals surface area contributed by atoms with Gasteiger partial charge in [-0.1, -0.05) is 0 Å². The molecule has 0 spiro atoms. The normalized spacial score (nSPS) is 27.0. The van der Waals surface area contributed by atoms with E-state index in [9.17, 15) is 9.59 Å². The zero-order valence-electron chi connectivity index (χ0n) is 11.9. The zero-order chi connectivity index (χ0) is 14.3. The lowest BCUT2D eigenvalue weighted by Gasteiger charge is -2.35. The summed E-state index contributed by atoms with van der Waals surface area (Å²) in [4.78, 5) is 26.4. The number of nitrogens with one attached hydrogen (secondary N) is 1. The van der Waals surface area contributed by atoms with E-state index in [1.54, 1.807) is 12.1 Å². The molecular formula is C14H20ClN3O2S. The van der Waals surface area contributed by atoms with Gasteiger partial charge in [-0.05, 0) is 37.8 Å². The van der Waals surface area contributed by atoms with Crippen LogP contribution < -0.4 is 11.1 Å². The van der Waals surface area contributed by atoms with Crippen molar-refractivity contribution in [2.24, 2.45) is 5.73 Å². The van der Waals surface area contributed by atoms with E-state index in [-0.39, 0.29) is 18.3 Å². The molecule has 0 radical (unpaired) electrons. The Morgan fingerprint density at radius 2 is 1.81 bits per heavy atom. The zero-order valence-corrected chi connectivity index (χ0v) is 13.5. The highest BCUT2D eigenvalue weighted by molar-refractivity contribution is 7.15. The van der Waals surface area contributed by atoms with Gasteiger partial charge < -0.3 is 16.0 Å². The Morgan fingerprint density at radius 1 is 1.24 bits per heavy atom. The maximum atomic E-state index is 12.5. The molecule has 3 heterocycles. The molecule has 3 rings (SSSR count). The molecule has 3 N–H and O–H groups in total. The van der Waals surface area contributed by atoms with Crippen LogP contribution in [0.15, 0.2) is 12.1 Å². The van der Waals surface area contributed by atoms with Crippen molar-refractivity contribution in [1.29, 1.82) is 0 Å². The first-order valence-electron chi connectivity index (χ1n) is 6.97. The lowest BCUT2D eigenvalue weighted by atomic mass is 9.98. The lowest BCUT2D eigenvalue weighted by Crippen LogP contribution is -2.48. The lowest BCUT2D eigenvalue weighted by molar-refractivity contribution is 0.0686. The minimum Gasteiger partial charge on any atom is -0.365 e. The predicted octanol–water partition coefficient (Wildman–Crippen LogP) is 1.62. The molecule has 2 aliphatic heterocycles. The van der Waals surface area contributed by atoms with E-state index in [0.717, 1.165) is 12.8 Å². The van der Waals surface area contributed by atoms with E-state index in [1.165, 1.54) is 24.2 Å². The maximum Gasteiger partial charge on any atom is 0.263 e. The Morgan fingerprint density at radius 3 is 2.33 bits per heavy atom. The van der Waals surface area contributed by atoms with Gasteiger partial charge in [0.15, 0.2) is 0 Å². The summed E-state index contributed by atoms with van der Waals surface area (Å²) in [6.07, 6.45) is 4.47. The molecule has 2 fully saturated rings. The van der Waals surface area contributed by atoms with Crippen LogP contribution in [0.1, 0.15) is 45.0 Å². The molecular weight excluding hydrogens is 310 g/mol. The minimum atomic E-state index is -0.475. The van der Waals surface area contributed by atoms with Gasteiger partial charge in [0.2, 0.25) is 0 Å². The Labute approximate surface area is 134 Å². The summed E-state index contributed by atoms with van der Waals surface area (Å²) in [5.74, 6) is -0.481. The summed E-state index contributed by atoms with van der Waals surface area (Å²) in [7, 11) is 1.86. The highest BCUT2D eigenvalue weighted by Gasteiger charge is 2.36. The van der Waals surface area contributed by atoms with Crippen molar-refractivity contribution in [3.8, 4) is 0 Å². The van der Waals surface area contributed by atoms with E-state index in [4.69, 9.17) is 5.73 Å². The van der Waals surface area contributed by atoms with E-state index in [2.05, 4.69) is 5.32 Å². The molecule has 2 amide bonds. The van der Waals surface area contributed by atoms with Crippen molar-refractivity contribution in [2.75, 3.05) is 7.05 Å². The first-order chi connectivity index (χ1) is 9.54. The Balaban J connectivity index is 0.00000161. The van der Waals surface area contributed by atoms with Gasteiger partial charge in [-0.3, -0.25) is 9.59 Å². The van der Waals surface area contributed by atoms with Crippen LogP contribution in [0.4, 0.5) is 0 Å². The number of fused-ring (bicyclic) bond motifs is 2. The van der Waals surface area contributed by atoms with Gasteiger partial charge in [-0.15, -0.1) is 23.7 Å². The monoisotopic (exact) mass is 329 g/mol. The van der Waals surface area contributed by atoms with Crippen LogP contribution in [-0.4, -0.2) is 41.9 Å². The number of carbonyl (C=O) groups excluding carboxylic acids is 2. The van der Waals surface area contributed by atoms with Crippen LogP contribution in [0.25, 0.3) is 0 Å². The second-order valence-electron chi connectivity index (χ2n) is 5.71.